The summed E-state index contributed by atoms with van der Waals surface area (Å²) in [6, 6.07) is 7.50. The summed E-state index contributed by atoms with van der Waals surface area (Å²) in [6.07, 6.45) is 0. The second-order valence-electron chi connectivity index (χ2n) is 2.30. The molecule has 0 saturated heterocycles. The van der Waals surface area contributed by atoms with Crippen molar-refractivity contribution in [1.82, 2.24) is 0 Å². The van der Waals surface area contributed by atoms with Crippen LogP contribution >= 0.6 is 0 Å². The van der Waals surface area contributed by atoms with Crippen molar-refractivity contribution >= 4 is 0 Å². The lowest BCUT2D eigenvalue weighted by Gasteiger charge is -2.06. The predicted molar refractivity (Wildman–Crippen MR) is 44.2 cm³/mol. The van der Waals surface area contributed by atoms with Gasteiger partial charge in [0.15, 0.2) is 6.61 Å². The van der Waals surface area contributed by atoms with E-state index in [-0.39, 0.29) is 12.4 Å². The van der Waals surface area contributed by atoms with Crippen molar-refractivity contribution in [3.63, 3.8) is 0 Å². The molecule has 0 aliphatic heterocycles. The van der Waals surface area contributed by atoms with Crippen LogP contribution in [0.4, 0.5) is 8.78 Å². The lowest BCUT2D eigenvalue weighted by molar-refractivity contribution is -0.0499. The Morgan fingerprint density at radius 3 is 2.71 bits per heavy atom. The Hall–Kier alpha value is -1.83. The fourth-order valence-electron chi connectivity index (χ4n) is 0.856. The molecule has 0 unspecified atom stereocenters. The van der Waals surface area contributed by atoms with E-state index in [9.17, 15) is 8.78 Å². The maximum atomic E-state index is 11.8. The molecule has 0 N–H and O–H groups in total. The van der Waals surface area contributed by atoms with Gasteiger partial charge in [0, 0.05) is 6.07 Å². The molecule has 0 amide bonds. The standard InChI is InChI=1S/C9H7F2NO2/c10-9(11)14-8-3-1-2-7(6-8)13-5-4-12/h1-3,6,9H,5H2. The summed E-state index contributed by atoms with van der Waals surface area (Å²) in [5, 5.41) is 8.22. The molecule has 5 heteroatoms. The predicted octanol–water partition coefficient (Wildman–Crippen LogP) is 2.19. The summed E-state index contributed by atoms with van der Waals surface area (Å²) in [7, 11) is 0. The van der Waals surface area contributed by atoms with E-state index in [1.807, 2.05) is 0 Å². The van der Waals surface area contributed by atoms with E-state index >= 15 is 0 Å². The van der Waals surface area contributed by atoms with Gasteiger partial charge in [0.2, 0.25) is 0 Å². The number of rotatable bonds is 4. The van der Waals surface area contributed by atoms with E-state index in [1.165, 1.54) is 18.2 Å². The zero-order valence-corrected chi connectivity index (χ0v) is 7.11. The molecule has 1 rings (SSSR count). The molecule has 0 aliphatic carbocycles. The molecule has 1 aromatic rings. The molecule has 74 valence electrons. The summed E-state index contributed by atoms with van der Waals surface area (Å²) in [5.74, 6) is 0.333. The van der Waals surface area contributed by atoms with Gasteiger partial charge in [-0.2, -0.15) is 14.0 Å². The smallest absolute Gasteiger partial charge is 0.387 e. The van der Waals surface area contributed by atoms with Crippen molar-refractivity contribution in [3.05, 3.63) is 24.3 Å². The Kier molecular flexibility index (Phi) is 3.68. The third-order valence-corrected chi connectivity index (χ3v) is 1.33. The Morgan fingerprint density at radius 2 is 2.07 bits per heavy atom. The highest BCUT2D eigenvalue weighted by molar-refractivity contribution is 5.33. The summed E-state index contributed by atoms with van der Waals surface area (Å²) in [5.41, 5.74) is 0. The van der Waals surface area contributed by atoms with E-state index < -0.39 is 6.61 Å². The molecule has 0 aliphatic rings. The van der Waals surface area contributed by atoms with Crippen LogP contribution in [-0.4, -0.2) is 13.2 Å². The number of benzene rings is 1. The highest BCUT2D eigenvalue weighted by Gasteiger charge is 2.04. The highest BCUT2D eigenvalue weighted by atomic mass is 19.3. The fraction of sp³-hybridized carbons (Fsp3) is 0.222. The number of nitrogens with zero attached hydrogens (tertiary/aromatic N) is 1. The zero-order valence-electron chi connectivity index (χ0n) is 7.11. The Balaban J connectivity index is 2.65. The van der Waals surface area contributed by atoms with Gasteiger partial charge < -0.3 is 9.47 Å². The molecule has 0 radical (unpaired) electrons. The molecule has 0 fully saturated rings. The molecule has 0 spiro atoms. The van der Waals surface area contributed by atoms with Crippen molar-refractivity contribution in [2.75, 3.05) is 6.61 Å². The normalized spacial score (nSPS) is 9.57. The van der Waals surface area contributed by atoms with Gasteiger partial charge >= 0.3 is 6.61 Å². The van der Waals surface area contributed by atoms with Gasteiger partial charge in [-0.3, -0.25) is 0 Å². The summed E-state index contributed by atoms with van der Waals surface area (Å²) in [6.45, 7) is -2.99. The molecule has 0 heterocycles. The number of nitriles is 1. The minimum Gasteiger partial charge on any atom is -0.479 e. The van der Waals surface area contributed by atoms with Crippen LogP contribution in [0, 0.1) is 11.3 Å². The molecule has 3 nitrogen and oxygen atoms in total. The number of hydrogen-bond donors (Lipinski definition) is 0. The first-order valence-corrected chi connectivity index (χ1v) is 3.77. The van der Waals surface area contributed by atoms with Crippen molar-refractivity contribution in [1.29, 1.82) is 5.26 Å². The van der Waals surface area contributed by atoms with Crippen LogP contribution in [0.15, 0.2) is 24.3 Å². The van der Waals surface area contributed by atoms with Crippen molar-refractivity contribution in [2.45, 2.75) is 6.61 Å². The molecule has 0 saturated carbocycles. The van der Waals surface area contributed by atoms with E-state index in [0.29, 0.717) is 5.75 Å². The first-order valence-electron chi connectivity index (χ1n) is 3.77. The molecule has 0 aromatic heterocycles. The number of alkyl halides is 2. The lowest BCUT2D eigenvalue weighted by Crippen LogP contribution is -2.02. The largest absolute Gasteiger partial charge is 0.479 e. The fourth-order valence-corrected chi connectivity index (χ4v) is 0.856. The average molecular weight is 199 g/mol. The third-order valence-electron chi connectivity index (χ3n) is 1.33. The highest BCUT2D eigenvalue weighted by Crippen LogP contribution is 2.20. The summed E-state index contributed by atoms with van der Waals surface area (Å²) in [4.78, 5) is 0. The molecular formula is C9H7F2NO2. The van der Waals surface area contributed by atoms with Gasteiger partial charge in [-0.1, -0.05) is 6.07 Å². The second kappa shape index (κ2) is 5.02. The first kappa shape index (κ1) is 10.3. The van der Waals surface area contributed by atoms with Crippen LogP contribution in [0.5, 0.6) is 11.5 Å². The Morgan fingerprint density at radius 1 is 1.36 bits per heavy atom. The van der Waals surface area contributed by atoms with Crippen LogP contribution in [0.25, 0.3) is 0 Å². The molecular weight excluding hydrogens is 192 g/mol. The van der Waals surface area contributed by atoms with E-state index in [1.54, 1.807) is 12.1 Å². The summed E-state index contributed by atoms with van der Waals surface area (Å²) >= 11 is 0. The molecule has 0 atom stereocenters. The van der Waals surface area contributed by atoms with Crippen LogP contribution < -0.4 is 9.47 Å². The SMILES string of the molecule is N#CCOc1cccc(OC(F)F)c1. The Bertz CT molecular complexity index is 336. The van der Waals surface area contributed by atoms with E-state index in [4.69, 9.17) is 10.00 Å². The zero-order chi connectivity index (χ0) is 10.4. The topological polar surface area (TPSA) is 42.2 Å². The van der Waals surface area contributed by atoms with Crippen molar-refractivity contribution < 1.29 is 18.3 Å². The van der Waals surface area contributed by atoms with Gasteiger partial charge in [-0.15, -0.1) is 0 Å². The minimum atomic E-state index is -2.86. The molecule has 1 aromatic carbocycles. The van der Waals surface area contributed by atoms with E-state index in [0.717, 1.165) is 0 Å². The minimum absolute atomic E-state index is 0.00967. The number of ether oxygens (including phenoxy) is 2. The van der Waals surface area contributed by atoms with Gasteiger partial charge in [-0.25, -0.2) is 0 Å². The van der Waals surface area contributed by atoms with Gasteiger partial charge in [0.25, 0.3) is 0 Å². The molecule has 0 bridgehead atoms. The van der Waals surface area contributed by atoms with Crippen LogP contribution in [0.1, 0.15) is 0 Å². The first-order chi connectivity index (χ1) is 6.72. The number of halogens is 2. The lowest BCUT2D eigenvalue weighted by atomic mass is 10.3. The van der Waals surface area contributed by atoms with Crippen LogP contribution in [-0.2, 0) is 0 Å². The number of hydrogen-bond acceptors (Lipinski definition) is 3. The third kappa shape index (κ3) is 3.27. The van der Waals surface area contributed by atoms with Crippen LogP contribution in [0.2, 0.25) is 0 Å². The summed E-state index contributed by atoms with van der Waals surface area (Å²) < 4.78 is 32.6. The van der Waals surface area contributed by atoms with Crippen molar-refractivity contribution in [2.24, 2.45) is 0 Å². The molecule has 14 heavy (non-hydrogen) atoms. The van der Waals surface area contributed by atoms with Gasteiger partial charge in [0.05, 0.1) is 0 Å². The maximum Gasteiger partial charge on any atom is 0.387 e. The van der Waals surface area contributed by atoms with Crippen LogP contribution in [0.3, 0.4) is 0 Å². The van der Waals surface area contributed by atoms with Gasteiger partial charge in [0.1, 0.15) is 17.6 Å². The average Bonchev–Trinajstić information content (AvgIpc) is 2.14. The van der Waals surface area contributed by atoms with Gasteiger partial charge in [-0.05, 0) is 12.1 Å². The maximum absolute atomic E-state index is 11.8. The monoisotopic (exact) mass is 199 g/mol. The quantitative estimate of drug-likeness (QED) is 0.746. The van der Waals surface area contributed by atoms with Crippen molar-refractivity contribution in [3.8, 4) is 17.6 Å². The second-order valence-corrected chi connectivity index (χ2v) is 2.30. The van der Waals surface area contributed by atoms with E-state index in [2.05, 4.69) is 4.74 Å². The Labute approximate surface area is 79.5 Å².